The van der Waals surface area contributed by atoms with Gasteiger partial charge in [0.2, 0.25) is 0 Å². The second-order valence-electron chi connectivity index (χ2n) is 5.08. The van der Waals surface area contributed by atoms with Crippen LogP contribution in [0.2, 0.25) is 0 Å². The fourth-order valence-corrected chi connectivity index (χ4v) is 2.44. The van der Waals surface area contributed by atoms with Crippen molar-refractivity contribution in [1.29, 1.82) is 0 Å². The van der Waals surface area contributed by atoms with Crippen LogP contribution >= 0.6 is 0 Å². The minimum absolute atomic E-state index is 0.224. The van der Waals surface area contributed by atoms with Gasteiger partial charge in [-0.15, -0.1) is 5.10 Å². The quantitative estimate of drug-likeness (QED) is 0.904. The molecule has 0 bridgehead atoms. The first-order valence-electron chi connectivity index (χ1n) is 6.84. The van der Waals surface area contributed by atoms with Crippen LogP contribution in [0, 0.1) is 0 Å². The molecule has 2 heterocycles. The highest BCUT2D eigenvalue weighted by Crippen LogP contribution is 2.19. The second kappa shape index (κ2) is 5.40. The number of aryl methyl sites for hydroxylation is 3. The summed E-state index contributed by atoms with van der Waals surface area (Å²) in [6.07, 6.45) is 6.21. The fraction of sp³-hybridized carbons (Fsp3) is 0.429. The number of aromatic nitrogens is 4. The van der Waals surface area contributed by atoms with E-state index in [1.165, 1.54) is 28.8 Å². The van der Waals surface area contributed by atoms with Crippen molar-refractivity contribution in [3.8, 4) is 0 Å². The van der Waals surface area contributed by atoms with Crippen LogP contribution in [0.4, 0.5) is 0 Å². The van der Waals surface area contributed by atoms with Crippen LogP contribution in [0.25, 0.3) is 0 Å². The molecule has 6 heteroatoms. The molecule has 0 atom stereocenters. The maximum absolute atomic E-state index is 11.9. The van der Waals surface area contributed by atoms with Crippen LogP contribution in [-0.4, -0.2) is 25.9 Å². The number of rotatable bonds is 3. The third kappa shape index (κ3) is 2.68. The van der Waals surface area contributed by atoms with E-state index in [9.17, 15) is 4.79 Å². The molecule has 0 radical (unpaired) electrons. The number of fused-ring (bicyclic) bond motifs is 1. The number of nitrogens with one attached hydrogen (secondary N) is 1. The Morgan fingerprint density at radius 3 is 3.00 bits per heavy atom. The van der Waals surface area contributed by atoms with Gasteiger partial charge in [-0.05, 0) is 37.3 Å². The summed E-state index contributed by atoms with van der Waals surface area (Å²) < 4.78 is 1.51. The van der Waals surface area contributed by atoms with Crippen LogP contribution in [0.3, 0.4) is 0 Å². The lowest BCUT2D eigenvalue weighted by Gasteiger charge is -2.15. The Bertz CT molecular complexity index is 634. The summed E-state index contributed by atoms with van der Waals surface area (Å²) in [4.78, 5) is 16.5. The Balaban J connectivity index is 1.65. The lowest BCUT2D eigenvalue weighted by atomic mass is 9.96. The van der Waals surface area contributed by atoms with E-state index in [0.29, 0.717) is 12.2 Å². The molecule has 6 nitrogen and oxygen atoms in total. The molecule has 1 aliphatic rings. The van der Waals surface area contributed by atoms with E-state index in [4.69, 9.17) is 0 Å². The number of carbonyl (C=O) groups excluding carboxylic acids is 1. The maximum Gasteiger partial charge on any atom is 0.273 e. The molecule has 3 rings (SSSR count). The number of hydrogen-bond acceptors (Lipinski definition) is 4. The molecule has 2 aromatic rings. The molecule has 0 saturated carbocycles. The number of carbonyl (C=O) groups is 1. The molecule has 2 aromatic heterocycles. The average molecular weight is 271 g/mol. The third-order valence-electron chi connectivity index (χ3n) is 3.50. The van der Waals surface area contributed by atoms with E-state index in [0.717, 1.165) is 18.5 Å². The first-order chi connectivity index (χ1) is 9.72. The average Bonchev–Trinajstić information content (AvgIpc) is 2.91. The normalized spacial score (nSPS) is 13.8. The molecule has 104 valence electrons. The third-order valence-corrected chi connectivity index (χ3v) is 3.50. The van der Waals surface area contributed by atoms with Gasteiger partial charge in [-0.25, -0.2) is 0 Å². The van der Waals surface area contributed by atoms with Crippen molar-refractivity contribution in [1.82, 2.24) is 25.3 Å². The van der Waals surface area contributed by atoms with E-state index in [-0.39, 0.29) is 5.91 Å². The summed E-state index contributed by atoms with van der Waals surface area (Å²) >= 11 is 0. The number of hydrogen-bond donors (Lipinski definition) is 1. The van der Waals surface area contributed by atoms with Crippen molar-refractivity contribution in [3.63, 3.8) is 0 Å². The van der Waals surface area contributed by atoms with Crippen molar-refractivity contribution in [2.75, 3.05) is 0 Å². The molecule has 0 aliphatic heterocycles. The zero-order valence-electron chi connectivity index (χ0n) is 11.5. The molecule has 1 N–H and O–H groups in total. The first kappa shape index (κ1) is 12.8. The van der Waals surface area contributed by atoms with Gasteiger partial charge in [0, 0.05) is 12.7 Å². The molecule has 0 saturated heterocycles. The monoisotopic (exact) mass is 271 g/mol. The number of nitrogens with zero attached hydrogens (tertiary/aromatic N) is 4. The van der Waals surface area contributed by atoms with Gasteiger partial charge in [0.1, 0.15) is 0 Å². The van der Waals surface area contributed by atoms with E-state index in [2.05, 4.69) is 26.7 Å². The van der Waals surface area contributed by atoms with Crippen LogP contribution in [0.15, 0.2) is 18.3 Å². The van der Waals surface area contributed by atoms with Crippen molar-refractivity contribution in [2.45, 2.75) is 32.2 Å². The van der Waals surface area contributed by atoms with Crippen molar-refractivity contribution in [2.24, 2.45) is 7.05 Å². The lowest BCUT2D eigenvalue weighted by Crippen LogP contribution is -2.24. The van der Waals surface area contributed by atoms with E-state index in [1.807, 2.05) is 6.07 Å². The molecule has 1 amide bonds. The Labute approximate surface area is 117 Å². The summed E-state index contributed by atoms with van der Waals surface area (Å²) in [5, 5.41) is 10.3. The van der Waals surface area contributed by atoms with Gasteiger partial charge in [0.05, 0.1) is 18.4 Å². The Morgan fingerprint density at radius 2 is 2.20 bits per heavy atom. The van der Waals surface area contributed by atoms with Gasteiger partial charge >= 0.3 is 0 Å². The van der Waals surface area contributed by atoms with Crippen LogP contribution in [-0.2, 0) is 26.4 Å². The molecule has 20 heavy (non-hydrogen) atoms. The van der Waals surface area contributed by atoms with Gasteiger partial charge in [0.15, 0.2) is 5.69 Å². The second-order valence-corrected chi connectivity index (χ2v) is 5.08. The molecular formula is C14H17N5O. The van der Waals surface area contributed by atoms with E-state index < -0.39 is 0 Å². The Hall–Kier alpha value is -2.24. The molecule has 0 aromatic carbocycles. The minimum atomic E-state index is -0.224. The van der Waals surface area contributed by atoms with Crippen LogP contribution < -0.4 is 5.32 Å². The molecule has 0 spiro atoms. The SMILES string of the molecule is Cn1cc(C(=O)NCc2ccc3c(n2)CCCC3)nn1. The van der Waals surface area contributed by atoms with Crippen LogP contribution in [0.5, 0.6) is 0 Å². The first-order valence-corrected chi connectivity index (χ1v) is 6.84. The minimum Gasteiger partial charge on any atom is -0.345 e. The van der Waals surface area contributed by atoms with Gasteiger partial charge in [-0.1, -0.05) is 11.3 Å². The highest BCUT2D eigenvalue weighted by Gasteiger charge is 2.12. The smallest absolute Gasteiger partial charge is 0.273 e. The zero-order chi connectivity index (χ0) is 13.9. The summed E-state index contributed by atoms with van der Waals surface area (Å²) in [5.74, 6) is -0.224. The van der Waals surface area contributed by atoms with Gasteiger partial charge in [-0.3, -0.25) is 14.5 Å². The van der Waals surface area contributed by atoms with Crippen LogP contribution in [0.1, 0.15) is 40.3 Å². The predicted octanol–water partition coefficient (Wildman–Crippen LogP) is 1.02. The van der Waals surface area contributed by atoms with Gasteiger partial charge < -0.3 is 5.32 Å². The van der Waals surface area contributed by atoms with Crippen molar-refractivity contribution < 1.29 is 4.79 Å². The molecule has 1 aliphatic carbocycles. The standard InChI is InChI=1S/C14H17N5O/c1-19-9-13(17-18-19)14(20)15-8-11-7-6-10-4-2-3-5-12(10)16-11/h6-7,9H,2-5,8H2,1H3,(H,15,20). The molecular weight excluding hydrogens is 254 g/mol. The summed E-state index contributed by atoms with van der Waals surface area (Å²) in [6.45, 7) is 0.419. The highest BCUT2D eigenvalue weighted by atomic mass is 16.2. The zero-order valence-corrected chi connectivity index (χ0v) is 11.5. The summed E-state index contributed by atoms with van der Waals surface area (Å²) in [5.41, 5.74) is 3.75. The van der Waals surface area contributed by atoms with Crippen molar-refractivity contribution in [3.05, 3.63) is 41.0 Å². The molecule has 0 unspecified atom stereocenters. The van der Waals surface area contributed by atoms with Crippen molar-refractivity contribution >= 4 is 5.91 Å². The van der Waals surface area contributed by atoms with E-state index in [1.54, 1.807) is 13.2 Å². The van der Waals surface area contributed by atoms with Gasteiger partial charge in [0.25, 0.3) is 5.91 Å². The van der Waals surface area contributed by atoms with E-state index >= 15 is 0 Å². The Kier molecular flexibility index (Phi) is 3.45. The largest absolute Gasteiger partial charge is 0.345 e. The van der Waals surface area contributed by atoms with Gasteiger partial charge in [-0.2, -0.15) is 0 Å². The Morgan fingerprint density at radius 1 is 1.35 bits per heavy atom. The topological polar surface area (TPSA) is 72.7 Å². The maximum atomic E-state index is 11.9. The number of pyridine rings is 1. The predicted molar refractivity (Wildman–Crippen MR) is 73.1 cm³/mol. The molecule has 0 fully saturated rings. The summed E-state index contributed by atoms with van der Waals surface area (Å²) in [7, 11) is 1.73. The number of amides is 1. The summed E-state index contributed by atoms with van der Waals surface area (Å²) in [6, 6.07) is 4.12. The fourth-order valence-electron chi connectivity index (χ4n) is 2.44. The highest BCUT2D eigenvalue weighted by molar-refractivity contribution is 5.91. The lowest BCUT2D eigenvalue weighted by molar-refractivity contribution is 0.0945.